The molecule has 1 aromatic carbocycles. The fourth-order valence-electron chi connectivity index (χ4n) is 1.34. The summed E-state index contributed by atoms with van der Waals surface area (Å²) in [5, 5.41) is -0.377. The third-order valence-corrected chi connectivity index (χ3v) is 2.62. The van der Waals surface area contributed by atoms with Gasteiger partial charge < -0.3 is 10.5 Å². The number of ether oxygens (including phenoxy) is 1. The Bertz CT molecular complexity index is 457. The molecule has 20 heavy (non-hydrogen) atoms. The Hall–Kier alpha value is -1.15. The van der Waals surface area contributed by atoms with Gasteiger partial charge in [-0.1, -0.05) is 17.7 Å². The first-order valence-electron chi connectivity index (χ1n) is 5.28. The first kappa shape index (κ1) is 16.9. The Morgan fingerprint density at radius 1 is 1.10 bits per heavy atom. The van der Waals surface area contributed by atoms with Crippen LogP contribution in [0.1, 0.15) is 18.5 Å². The number of rotatable bonds is 3. The maximum atomic E-state index is 12.3. The van der Waals surface area contributed by atoms with E-state index < -0.39 is 30.2 Å². The topological polar surface area (TPSA) is 35.2 Å². The van der Waals surface area contributed by atoms with Crippen molar-refractivity contribution in [2.75, 3.05) is 0 Å². The normalized spacial score (nSPS) is 14.5. The van der Waals surface area contributed by atoms with Gasteiger partial charge in [0.2, 0.25) is 0 Å². The Morgan fingerprint density at radius 3 is 1.95 bits per heavy atom. The molecule has 0 saturated heterocycles. The van der Waals surface area contributed by atoms with Gasteiger partial charge in [0.15, 0.2) is 0 Å². The molecule has 1 aromatic rings. The molecule has 0 aliphatic rings. The maximum absolute atomic E-state index is 12.3. The SMILES string of the molecule is CC(N)c1ccc(OC(C(F)(F)F)C(F)(F)F)c(Cl)c1. The maximum Gasteiger partial charge on any atom is 0.434 e. The van der Waals surface area contributed by atoms with E-state index in [1.165, 1.54) is 6.07 Å². The van der Waals surface area contributed by atoms with E-state index in [4.69, 9.17) is 17.3 Å². The molecule has 9 heteroatoms. The van der Waals surface area contributed by atoms with Crippen LogP contribution in [0.3, 0.4) is 0 Å². The van der Waals surface area contributed by atoms with Crippen LogP contribution in [0.2, 0.25) is 5.02 Å². The van der Waals surface area contributed by atoms with E-state index in [9.17, 15) is 26.3 Å². The number of hydrogen-bond acceptors (Lipinski definition) is 2. The third-order valence-electron chi connectivity index (χ3n) is 2.32. The number of halogens is 7. The third kappa shape index (κ3) is 4.17. The highest BCUT2D eigenvalue weighted by Gasteiger charge is 2.59. The molecule has 0 aliphatic heterocycles. The Kier molecular flexibility index (Phi) is 4.81. The average molecular weight is 322 g/mol. The summed E-state index contributed by atoms with van der Waals surface area (Å²) in [4.78, 5) is 0. The highest BCUT2D eigenvalue weighted by Crippen LogP contribution is 2.38. The summed E-state index contributed by atoms with van der Waals surface area (Å²) in [7, 11) is 0. The number of nitrogens with two attached hydrogens (primary N) is 1. The number of alkyl halides is 6. The van der Waals surface area contributed by atoms with Crippen LogP contribution in [0.5, 0.6) is 5.75 Å². The molecule has 0 aliphatic carbocycles. The van der Waals surface area contributed by atoms with Crippen molar-refractivity contribution in [3.63, 3.8) is 0 Å². The van der Waals surface area contributed by atoms with Crippen molar-refractivity contribution in [1.29, 1.82) is 0 Å². The largest absolute Gasteiger partial charge is 0.470 e. The van der Waals surface area contributed by atoms with Crippen molar-refractivity contribution in [1.82, 2.24) is 0 Å². The first-order chi connectivity index (χ1) is 8.93. The van der Waals surface area contributed by atoms with Crippen molar-refractivity contribution in [2.24, 2.45) is 5.73 Å². The highest BCUT2D eigenvalue weighted by molar-refractivity contribution is 6.32. The summed E-state index contributed by atoms with van der Waals surface area (Å²) in [6.45, 7) is 1.58. The van der Waals surface area contributed by atoms with E-state index in [1.54, 1.807) is 6.92 Å². The molecule has 0 aromatic heterocycles. The van der Waals surface area contributed by atoms with Gasteiger partial charge >= 0.3 is 12.4 Å². The number of hydrogen-bond donors (Lipinski definition) is 1. The van der Waals surface area contributed by atoms with Gasteiger partial charge in [0, 0.05) is 6.04 Å². The fraction of sp³-hybridized carbons (Fsp3) is 0.455. The van der Waals surface area contributed by atoms with E-state index in [1.807, 2.05) is 0 Å². The van der Waals surface area contributed by atoms with Crippen molar-refractivity contribution in [2.45, 2.75) is 31.4 Å². The van der Waals surface area contributed by atoms with E-state index in [0.29, 0.717) is 5.56 Å². The lowest BCUT2D eigenvalue weighted by molar-refractivity contribution is -0.299. The molecule has 2 N–H and O–H groups in total. The first-order valence-corrected chi connectivity index (χ1v) is 5.66. The van der Waals surface area contributed by atoms with Crippen LogP contribution in [0, 0.1) is 0 Å². The highest BCUT2D eigenvalue weighted by atomic mass is 35.5. The summed E-state index contributed by atoms with van der Waals surface area (Å²) in [5.74, 6) is -0.712. The van der Waals surface area contributed by atoms with E-state index in [0.717, 1.165) is 12.1 Å². The van der Waals surface area contributed by atoms with E-state index >= 15 is 0 Å². The summed E-state index contributed by atoms with van der Waals surface area (Å²) in [5.41, 5.74) is 5.97. The van der Waals surface area contributed by atoms with Gasteiger partial charge in [0.25, 0.3) is 6.10 Å². The van der Waals surface area contributed by atoms with E-state index in [2.05, 4.69) is 4.74 Å². The minimum atomic E-state index is -5.60. The standard InChI is InChI=1S/C11H10ClF6NO/c1-5(19)6-2-3-8(7(12)4-6)20-9(10(13,14)15)11(16,17)18/h2-5,9H,19H2,1H3. The summed E-state index contributed by atoms with van der Waals surface area (Å²) in [6.07, 6.45) is -15.1. The molecular weight excluding hydrogens is 312 g/mol. The Labute approximate surface area is 115 Å². The molecule has 1 atom stereocenters. The monoisotopic (exact) mass is 321 g/mol. The molecule has 0 spiro atoms. The van der Waals surface area contributed by atoms with Gasteiger partial charge in [-0.2, -0.15) is 26.3 Å². The summed E-state index contributed by atoms with van der Waals surface area (Å²) < 4.78 is 78.0. The molecule has 0 heterocycles. The zero-order valence-electron chi connectivity index (χ0n) is 10.0. The molecule has 114 valence electrons. The van der Waals surface area contributed by atoms with Crippen LogP contribution in [-0.2, 0) is 0 Å². The molecule has 0 saturated carbocycles. The smallest absolute Gasteiger partial charge is 0.434 e. The molecule has 0 radical (unpaired) electrons. The van der Waals surface area contributed by atoms with Gasteiger partial charge in [-0.25, -0.2) is 0 Å². The van der Waals surface area contributed by atoms with Gasteiger partial charge in [0.1, 0.15) is 5.75 Å². The van der Waals surface area contributed by atoms with E-state index in [-0.39, 0.29) is 5.02 Å². The molecular formula is C11H10ClF6NO. The van der Waals surface area contributed by atoms with Crippen LogP contribution in [-0.4, -0.2) is 18.5 Å². The lowest BCUT2D eigenvalue weighted by Crippen LogP contribution is -2.46. The van der Waals surface area contributed by atoms with Crippen molar-refractivity contribution in [3.8, 4) is 5.75 Å². The van der Waals surface area contributed by atoms with Crippen molar-refractivity contribution < 1.29 is 31.1 Å². The second-order valence-corrected chi connectivity index (χ2v) is 4.47. The average Bonchev–Trinajstić information content (AvgIpc) is 2.23. The van der Waals surface area contributed by atoms with Crippen molar-refractivity contribution >= 4 is 11.6 Å². The van der Waals surface area contributed by atoms with Gasteiger partial charge in [0.05, 0.1) is 5.02 Å². The molecule has 1 rings (SSSR count). The van der Waals surface area contributed by atoms with Crippen LogP contribution >= 0.6 is 11.6 Å². The molecule has 0 amide bonds. The Balaban J connectivity index is 3.07. The van der Waals surface area contributed by atoms with Crippen molar-refractivity contribution in [3.05, 3.63) is 28.8 Å². The second kappa shape index (κ2) is 5.69. The number of benzene rings is 1. The quantitative estimate of drug-likeness (QED) is 0.846. The zero-order valence-corrected chi connectivity index (χ0v) is 10.8. The molecule has 1 unspecified atom stereocenters. The summed E-state index contributed by atoms with van der Waals surface area (Å²) in [6, 6.07) is 2.86. The molecule has 0 bridgehead atoms. The predicted octanol–water partition coefficient (Wildman–Crippen LogP) is 4.23. The van der Waals surface area contributed by atoms with Crippen LogP contribution in [0.25, 0.3) is 0 Å². The minimum Gasteiger partial charge on any atom is -0.470 e. The van der Waals surface area contributed by atoms with Crippen LogP contribution < -0.4 is 10.5 Å². The zero-order chi connectivity index (χ0) is 15.7. The van der Waals surface area contributed by atoms with Gasteiger partial charge in [-0.3, -0.25) is 0 Å². The van der Waals surface area contributed by atoms with Crippen LogP contribution in [0.4, 0.5) is 26.3 Å². The Morgan fingerprint density at radius 2 is 1.60 bits per heavy atom. The lowest BCUT2D eigenvalue weighted by atomic mass is 10.1. The lowest BCUT2D eigenvalue weighted by Gasteiger charge is -2.24. The molecule has 2 nitrogen and oxygen atoms in total. The predicted molar refractivity (Wildman–Crippen MR) is 60.6 cm³/mol. The fourth-order valence-corrected chi connectivity index (χ4v) is 1.58. The van der Waals surface area contributed by atoms with Gasteiger partial charge in [-0.15, -0.1) is 0 Å². The summed E-state index contributed by atoms with van der Waals surface area (Å²) >= 11 is 5.60. The molecule has 0 fully saturated rings. The minimum absolute atomic E-state index is 0.377. The second-order valence-electron chi connectivity index (χ2n) is 4.06. The van der Waals surface area contributed by atoms with Crippen LogP contribution in [0.15, 0.2) is 18.2 Å². The van der Waals surface area contributed by atoms with Gasteiger partial charge in [-0.05, 0) is 24.6 Å².